The first-order chi connectivity index (χ1) is 9.16. The van der Waals surface area contributed by atoms with Gasteiger partial charge in [-0.25, -0.2) is 0 Å². The summed E-state index contributed by atoms with van der Waals surface area (Å²) in [4.78, 5) is 12.9. The monoisotopic (exact) mass is 276 g/mol. The van der Waals surface area contributed by atoms with Gasteiger partial charge in [0, 0.05) is 16.7 Å². The van der Waals surface area contributed by atoms with Gasteiger partial charge in [0.05, 0.1) is 18.3 Å². The van der Waals surface area contributed by atoms with Gasteiger partial charge >= 0.3 is 0 Å². The molecule has 100 valence electrons. The first kappa shape index (κ1) is 12.4. The fourth-order valence-corrected chi connectivity index (χ4v) is 3.44. The molecule has 2 heterocycles. The maximum Gasteiger partial charge on any atom is 0.263 e. The van der Waals surface area contributed by atoms with Crippen molar-refractivity contribution < 1.29 is 9.53 Å². The zero-order valence-electron chi connectivity index (χ0n) is 10.7. The van der Waals surface area contributed by atoms with Crippen LogP contribution in [0.1, 0.15) is 21.7 Å². The van der Waals surface area contributed by atoms with Crippen LogP contribution in [0, 0.1) is 6.92 Å². The van der Waals surface area contributed by atoms with Crippen molar-refractivity contribution in [1.29, 1.82) is 0 Å². The Labute approximate surface area is 115 Å². The van der Waals surface area contributed by atoms with Gasteiger partial charge in [0.15, 0.2) is 0 Å². The van der Waals surface area contributed by atoms with E-state index in [9.17, 15) is 4.79 Å². The number of carbonyl (C=O) groups is 1. The number of benzene rings is 1. The van der Waals surface area contributed by atoms with Crippen LogP contribution in [0.4, 0.5) is 5.69 Å². The highest BCUT2D eigenvalue weighted by Crippen LogP contribution is 2.35. The van der Waals surface area contributed by atoms with Crippen LogP contribution in [0.3, 0.4) is 0 Å². The number of ether oxygens (including phenoxy) is 1. The van der Waals surface area contributed by atoms with Crippen LogP contribution in [0.2, 0.25) is 0 Å². The molecule has 0 aliphatic carbocycles. The fraction of sp³-hybridized carbons (Fsp3) is 0.357. The molecule has 1 unspecified atom stereocenters. The van der Waals surface area contributed by atoms with Gasteiger partial charge in [-0.2, -0.15) is 0 Å². The summed E-state index contributed by atoms with van der Waals surface area (Å²) in [5.74, 6) is -0.0893. The number of aryl methyl sites for hydroxylation is 1. The number of nitrogens with two attached hydrogens (primary N) is 1. The van der Waals surface area contributed by atoms with Crippen LogP contribution in [0.25, 0.3) is 10.1 Å². The van der Waals surface area contributed by atoms with Gasteiger partial charge in [-0.15, -0.1) is 11.3 Å². The smallest absolute Gasteiger partial charge is 0.263 e. The van der Waals surface area contributed by atoms with Crippen molar-refractivity contribution in [2.75, 3.05) is 18.9 Å². The van der Waals surface area contributed by atoms with E-state index in [2.05, 4.69) is 5.32 Å². The lowest BCUT2D eigenvalue weighted by atomic mass is 10.1. The predicted molar refractivity (Wildman–Crippen MR) is 77.7 cm³/mol. The number of hydrogen-bond donors (Lipinski definition) is 2. The normalized spacial score (nSPS) is 18.9. The molecule has 3 N–H and O–H groups in total. The quantitative estimate of drug-likeness (QED) is 0.884. The predicted octanol–water partition coefficient (Wildman–Crippen LogP) is 2.31. The highest BCUT2D eigenvalue weighted by Gasteiger charge is 2.22. The van der Waals surface area contributed by atoms with Gasteiger partial charge in [-0.1, -0.05) is 18.2 Å². The number of amides is 1. The lowest BCUT2D eigenvalue weighted by molar-refractivity contribution is 0.0935. The van der Waals surface area contributed by atoms with Crippen LogP contribution < -0.4 is 11.1 Å². The third kappa shape index (κ3) is 2.19. The van der Waals surface area contributed by atoms with Crippen LogP contribution in [0.15, 0.2) is 18.2 Å². The Morgan fingerprint density at radius 1 is 1.53 bits per heavy atom. The van der Waals surface area contributed by atoms with Gasteiger partial charge in [-0.3, -0.25) is 4.79 Å². The summed E-state index contributed by atoms with van der Waals surface area (Å²) in [5, 5.41) is 3.95. The maximum absolute atomic E-state index is 12.3. The van der Waals surface area contributed by atoms with Gasteiger partial charge in [0.25, 0.3) is 5.91 Å². The van der Waals surface area contributed by atoms with Gasteiger partial charge in [0.1, 0.15) is 4.88 Å². The van der Waals surface area contributed by atoms with E-state index in [1.807, 2.05) is 25.1 Å². The zero-order chi connectivity index (χ0) is 13.4. The van der Waals surface area contributed by atoms with Crippen molar-refractivity contribution in [3.63, 3.8) is 0 Å². The molecule has 1 aromatic carbocycles. The number of thiophene rings is 1. The van der Waals surface area contributed by atoms with Crippen molar-refractivity contribution in [2.45, 2.75) is 19.4 Å². The topological polar surface area (TPSA) is 64.4 Å². The highest BCUT2D eigenvalue weighted by molar-refractivity contribution is 7.21. The molecule has 1 fully saturated rings. The van der Waals surface area contributed by atoms with E-state index in [0.717, 1.165) is 22.1 Å². The average molecular weight is 276 g/mol. The molecule has 0 bridgehead atoms. The lowest BCUT2D eigenvalue weighted by Gasteiger charge is -2.09. The minimum atomic E-state index is -0.0893. The van der Waals surface area contributed by atoms with E-state index in [1.165, 1.54) is 11.3 Å². The largest absolute Gasteiger partial charge is 0.397 e. The Hall–Kier alpha value is -1.59. The number of hydrogen-bond acceptors (Lipinski definition) is 4. The van der Waals surface area contributed by atoms with Crippen LogP contribution in [-0.4, -0.2) is 25.2 Å². The molecule has 2 aromatic rings. The summed E-state index contributed by atoms with van der Waals surface area (Å²) in [6.07, 6.45) is 0.871. The van der Waals surface area contributed by atoms with Crippen LogP contribution >= 0.6 is 11.3 Å². The molecule has 1 saturated heterocycles. The van der Waals surface area contributed by atoms with E-state index < -0.39 is 0 Å². The first-order valence-electron chi connectivity index (χ1n) is 6.33. The van der Waals surface area contributed by atoms with E-state index >= 15 is 0 Å². The number of carbonyl (C=O) groups excluding carboxylic acids is 1. The number of nitrogen functional groups attached to an aromatic ring is 1. The molecule has 1 atom stereocenters. The summed E-state index contributed by atoms with van der Waals surface area (Å²) < 4.78 is 6.35. The Balaban J connectivity index is 1.93. The van der Waals surface area contributed by atoms with Crippen molar-refractivity contribution >= 4 is 33.0 Å². The lowest BCUT2D eigenvalue weighted by Crippen LogP contribution is -2.34. The maximum atomic E-state index is 12.3. The average Bonchev–Trinajstić information content (AvgIpc) is 2.99. The minimum Gasteiger partial charge on any atom is -0.397 e. The van der Waals surface area contributed by atoms with Crippen LogP contribution in [-0.2, 0) is 4.74 Å². The molecule has 0 radical (unpaired) electrons. The summed E-state index contributed by atoms with van der Waals surface area (Å²) in [6, 6.07) is 6.07. The molecular formula is C14H16N2O2S. The highest BCUT2D eigenvalue weighted by atomic mass is 32.1. The van der Waals surface area contributed by atoms with Crippen molar-refractivity contribution in [3.8, 4) is 0 Å². The SMILES string of the molecule is Cc1cccc2c(N)c(C(=O)NC3CCOC3)sc12. The second-order valence-corrected chi connectivity index (χ2v) is 5.85. The molecule has 5 heteroatoms. The number of nitrogens with one attached hydrogen (secondary N) is 1. The van der Waals surface area contributed by atoms with E-state index in [1.54, 1.807) is 0 Å². The molecular weight excluding hydrogens is 260 g/mol. The van der Waals surface area contributed by atoms with Crippen molar-refractivity contribution in [3.05, 3.63) is 28.6 Å². The molecule has 0 saturated carbocycles. The van der Waals surface area contributed by atoms with Crippen molar-refractivity contribution in [1.82, 2.24) is 5.32 Å². The zero-order valence-corrected chi connectivity index (χ0v) is 11.5. The molecule has 1 amide bonds. The molecule has 4 nitrogen and oxygen atoms in total. The molecule has 0 spiro atoms. The second-order valence-electron chi connectivity index (χ2n) is 4.83. The Morgan fingerprint density at radius 2 is 2.37 bits per heavy atom. The van der Waals surface area contributed by atoms with E-state index in [-0.39, 0.29) is 11.9 Å². The second kappa shape index (κ2) is 4.83. The van der Waals surface area contributed by atoms with Gasteiger partial charge in [0.2, 0.25) is 0 Å². The number of anilines is 1. The molecule has 1 aliphatic rings. The molecule has 1 aromatic heterocycles. The summed E-state index contributed by atoms with van der Waals surface area (Å²) in [6.45, 7) is 3.34. The summed E-state index contributed by atoms with van der Waals surface area (Å²) in [5.41, 5.74) is 7.84. The van der Waals surface area contributed by atoms with Crippen LogP contribution in [0.5, 0.6) is 0 Å². The Bertz CT molecular complexity index is 630. The van der Waals surface area contributed by atoms with Crippen molar-refractivity contribution in [2.24, 2.45) is 0 Å². The van der Waals surface area contributed by atoms with E-state index in [0.29, 0.717) is 23.8 Å². The third-order valence-electron chi connectivity index (χ3n) is 3.42. The number of fused-ring (bicyclic) bond motifs is 1. The Kier molecular flexibility index (Phi) is 3.16. The third-order valence-corrected chi connectivity index (χ3v) is 4.78. The first-order valence-corrected chi connectivity index (χ1v) is 7.14. The summed E-state index contributed by atoms with van der Waals surface area (Å²) >= 11 is 1.46. The Morgan fingerprint density at radius 3 is 3.05 bits per heavy atom. The summed E-state index contributed by atoms with van der Waals surface area (Å²) in [7, 11) is 0. The number of rotatable bonds is 2. The van der Waals surface area contributed by atoms with Gasteiger partial charge < -0.3 is 15.8 Å². The minimum absolute atomic E-state index is 0.0893. The molecule has 19 heavy (non-hydrogen) atoms. The van der Waals surface area contributed by atoms with E-state index in [4.69, 9.17) is 10.5 Å². The van der Waals surface area contributed by atoms with Gasteiger partial charge in [-0.05, 0) is 18.9 Å². The molecule has 3 rings (SSSR count). The standard InChI is InChI=1S/C14H16N2O2S/c1-8-3-2-4-10-11(15)13(19-12(8)10)14(17)16-9-5-6-18-7-9/h2-4,9H,5-7,15H2,1H3,(H,16,17). The fourth-order valence-electron chi connectivity index (χ4n) is 2.35. The molecule has 1 aliphatic heterocycles.